The topological polar surface area (TPSA) is 59.4 Å². The van der Waals surface area contributed by atoms with Crippen molar-refractivity contribution in [1.82, 2.24) is 4.98 Å². The van der Waals surface area contributed by atoms with Gasteiger partial charge in [0.15, 0.2) is 0 Å². The van der Waals surface area contributed by atoms with Crippen LogP contribution in [0.1, 0.15) is 25.0 Å². The number of nitrogens with zero attached hydrogens (tertiary/aromatic N) is 1. The van der Waals surface area contributed by atoms with E-state index in [9.17, 15) is 9.90 Å². The molecule has 0 amide bonds. The Morgan fingerprint density at radius 3 is 2.81 bits per heavy atom. The zero-order valence-corrected chi connectivity index (χ0v) is 10.8. The molecule has 0 aliphatic carbocycles. The van der Waals surface area contributed by atoms with E-state index in [1.54, 1.807) is 18.5 Å². The predicted octanol–water partition coefficient (Wildman–Crippen LogP) is 2.08. The Morgan fingerprint density at radius 1 is 1.62 bits per heavy atom. The number of ether oxygens (including phenoxy) is 1. The van der Waals surface area contributed by atoms with Crippen LogP contribution in [0, 0.1) is 5.92 Å². The Hall–Kier alpha value is -0.940. The minimum absolute atomic E-state index is 0.407. The molecule has 2 atom stereocenters. The first-order chi connectivity index (χ1) is 7.60. The number of pyridine rings is 1. The summed E-state index contributed by atoms with van der Waals surface area (Å²) in [6.45, 7) is 1.83. The maximum atomic E-state index is 11.4. The van der Waals surface area contributed by atoms with E-state index >= 15 is 0 Å². The summed E-state index contributed by atoms with van der Waals surface area (Å²) < 4.78 is 5.41. The SMILES string of the molecule is CCC(C(=O)OC)C(O)c1cncc(Br)c1. The van der Waals surface area contributed by atoms with Crippen molar-refractivity contribution in [3.8, 4) is 0 Å². The summed E-state index contributed by atoms with van der Waals surface area (Å²) in [5, 5.41) is 10.0. The first kappa shape index (κ1) is 13.1. The maximum absolute atomic E-state index is 11.4. The van der Waals surface area contributed by atoms with E-state index in [2.05, 4.69) is 25.7 Å². The predicted molar refractivity (Wildman–Crippen MR) is 62.7 cm³/mol. The largest absolute Gasteiger partial charge is 0.469 e. The van der Waals surface area contributed by atoms with Gasteiger partial charge in [-0.05, 0) is 28.4 Å². The molecule has 1 heterocycles. The van der Waals surface area contributed by atoms with E-state index in [-0.39, 0.29) is 0 Å². The van der Waals surface area contributed by atoms with E-state index in [1.807, 2.05) is 6.92 Å². The van der Waals surface area contributed by atoms with Crippen LogP contribution in [0.3, 0.4) is 0 Å². The summed E-state index contributed by atoms with van der Waals surface area (Å²) in [5.74, 6) is -0.962. The number of hydrogen-bond donors (Lipinski definition) is 1. The van der Waals surface area contributed by atoms with Crippen molar-refractivity contribution in [2.75, 3.05) is 7.11 Å². The van der Waals surface area contributed by atoms with Gasteiger partial charge in [0, 0.05) is 22.4 Å². The highest BCUT2D eigenvalue weighted by Crippen LogP contribution is 2.26. The summed E-state index contributed by atoms with van der Waals surface area (Å²) in [5.41, 5.74) is 0.603. The molecule has 1 aromatic rings. The monoisotopic (exact) mass is 287 g/mol. The Bertz CT molecular complexity index is 370. The third-order valence-corrected chi connectivity index (χ3v) is 2.83. The van der Waals surface area contributed by atoms with Gasteiger partial charge in [-0.2, -0.15) is 0 Å². The maximum Gasteiger partial charge on any atom is 0.311 e. The Labute approximate surface area is 103 Å². The Kier molecular flexibility index (Phi) is 4.89. The molecule has 88 valence electrons. The van der Waals surface area contributed by atoms with Crippen molar-refractivity contribution < 1.29 is 14.6 Å². The van der Waals surface area contributed by atoms with Crippen LogP contribution in [0.4, 0.5) is 0 Å². The van der Waals surface area contributed by atoms with Gasteiger partial charge >= 0.3 is 5.97 Å². The molecule has 0 aliphatic heterocycles. The number of halogens is 1. The van der Waals surface area contributed by atoms with Gasteiger partial charge in [-0.1, -0.05) is 6.92 Å². The van der Waals surface area contributed by atoms with Crippen LogP contribution in [-0.2, 0) is 9.53 Å². The molecule has 16 heavy (non-hydrogen) atoms. The number of aromatic nitrogens is 1. The molecule has 1 rings (SSSR count). The van der Waals surface area contributed by atoms with E-state index in [4.69, 9.17) is 0 Å². The second kappa shape index (κ2) is 5.96. The molecule has 0 saturated carbocycles. The fourth-order valence-corrected chi connectivity index (χ4v) is 1.88. The van der Waals surface area contributed by atoms with Crippen LogP contribution < -0.4 is 0 Å². The molecule has 4 nitrogen and oxygen atoms in total. The molecule has 0 radical (unpaired) electrons. The van der Waals surface area contributed by atoms with Crippen molar-refractivity contribution >= 4 is 21.9 Å². The molecule has 1 N–H and O–H groups in total. The molecule has 0 fully saturated rings. The zero-order valence-electron chi connectivity index (χ0n) is 9.18. The number of hydrogen-bond acceptors (Lipinski definition) is 4. The van der Waals surface area contributed by atoms with Crippen LogP contribution in [-0.4, -0.2) is 23.2 Å². The third kappa shape index (κ3) is 3.02. The summed E-state index contributed by atoms with van der Waals surface area (Å²) in [7, 11) is 1.32. The Balaban J connectivity index is 2.90. The van der Waals surface area contributed by atoms with Gasteiger partial charge < -0.3 is 9.84 Å². The van der Waals surface area contributed by atoms with Gasteiger partial charge in [0.1, 0.15) is 0 Å². The quantitative estimate of drug-likeness (QED) is 0.862. The molecule has 0 aromatic carbocycles. The average molecular weight is 288 g/mol. The lowest BCUT2D eigenvalue weighted by molar-refractivity contribution is -0.149. The van der Waals surface area contributed by atoms with Crippen molar-refractivity contribution in [2.45, 2.75) is 19.4 Å². The minimum atomic E-state index is -0.887. The fourth-order valence-electron chi connectivity index (χ4n) is 1.49. The minimum Gasteiger partial charge on any atom is -0.469 e. The molecule has 0 spiro atoms. The average Bonchev–Trinajstić information content (AvgIpc) is 2.29. The van der Waals surface area contributed by atoms with Crippen LogP contribution in [0.5, 0.6) is 0 Å². The highest BCUT2D eigenvalue weighted by molar-refractivity contribution is 9.10. The number of methoxy groups -OCH3 is 1. The van der Waals surface area contributed by atoms with E-state index < -0.39 is 18.0 Å². The number of rotatable bonds is 4. The lowest BCUT2D eigenvalue weighted by Gasteiger charge is -2.19. The number of carbonyl (C=O) groups excluding carboxylic acids is 1. The van der Waals surface area contributed by atoms with E-state index in [0.29, 0.717) is 12.0 Å². The first-order valence-corrected chi connectivity index (χ1v) is 5.75. The molecule has 0 aliphatic rings. The van der Waals surface area contributed by atoms with Crippen molar-refractivity contribution in [1.29, 1.82) is 0 Å². The summed E-state index contributed by atoms with van der Waals surface area (Å²) in [4.78, 5) is 15.4. The second-order valence-electron chi connectivity index (χ2n) is 3.42. The molecular weight excluding hydrogens is 274 g/mol. The van der Waals surface area contributed by atoms with Gasteiger partial charge in [-0.25, -0.2) is 0 Å². The van der Waals surface area contributed by atoms with Gasteiger partial charge in [0.25, 0.3) is 0 Å². The van der Waals surface area contributed by atoms with Gasteiger partial charge in [0.2, 0.25) is 0 Å². The standard InChI is InChI=1S/C11H14BrNO3/c1-3-9(11(15)16-2)10(14)7-4-8(12)6-13-5-7/h4-6,9-10,14H,3H2,1-2H3. The summed E-state index contributed by atoms with van der Waals surface area (Å²) >= 11 is 3.27. The van der Waals surface area contributed by atoms with Crippen LogP contribution >= 0.6 is 15.9 Å². The number of carbonyl (C=O) groups is 1. The van der Waals surface area contributed by atoms with Gasteiger partial charge in [-0.15, -0.1) is 0 Å². The number of esters is 1. The first-order valence-electron chi connectivity index (χ1n) is 4.96. The van der Waals surface area contributed by atoms with Gasteiger partial charge in [-0.3, -0.25) is 9.78 Å². The van der Waals surface area contributed by atoms with Crippen LogP contribution in [0.15, 0.2) is 22.9 Å². The second-order valence-corrected chi connectivity index (χ2v) is 4.33. The Morgan fingerprint density at radius 2 is 2.31 bits per heavy atom. The van der Waals surface area contributed by atoms with E-state index in [0.717, 1.165) is 4.47 Å². The van der Waals surface area contributed by atoms with Crippen LogP contribution in [0.25, 0.3) is 0 Å². The third-order valence-electron chi connectivity index (χ3n) is 2.39. The lowest BCUT2D eigenvalue weighted by Crippen LogP contribution is -2.23. The lowest BCUT2D eigenvalue weighted by atomic mass is 9.94. The highest BCUT2D eigenvalue weighted by atomic mass is 79.9. The van der Waals surface area contributed by atoms with Crippen molar-refractivity contribution in [3.63, 3.8) is 0 Å². The van der Waals surface area contributed by atoms with E-state index in [1.165, 1.54) is 7.11 Å². The van der Waals surface area contributed by atoms with Crippen LogP contribution in [0.2, 0.25) is 0 Å². The zero-order chi connectivity index (χ0) is 12.1. The molecule has 2 unspecified atom stereocenters. The van der Waals surface area contributed by atoms with Crippen molar-refractivity contribution in [3.05, 3.63) is 28.5 Å². The number of aliphatic hydroxyl groups excluding tert-OH is 1. The molecule has 1 aromatic heterocycles. The molecular formula is C11H14BrNO3. The fraction of sp³-hybridized carbons (Fsp3) is 0.455. The summed E-state index contributed by atoms with van der Waals surface area (Å²) in [6.07, 6.45) is 2.79. The molecule has 0 bridgehead atoms. The smallest absolute Gasteiger partial charge is 0.311 e. The van der Waals surface area contributed by atoms with Gasteiger partial charge in [0.05, 0.1) is 19.1 Å². The normalized spacial score (nSPS) is 14.2. The summed E-state index contributed by atoms with van der Waals surface area (Å²) in [6, 6.07) is 1.74. The van der Waals surface area contributed by atoms with Crippen molar-refractivity contribution in [2.24, 2.45) is 5.92 Å². The molecule has 5 heteroatoms. The highest BCUT2D eigenvalue weighted by Gasteiger charge is 2.27. The molecule has 0 saturated heterocycles. The number of aliphatic hydroxyl groups is 1.